The van der Waals surface area contributed by atoms with E-state index in [9.17, 15) is 8.42 Å². The van der Waals surface area contributed by atoms with Crippen LogP contribution in [-0.2, 0) is 15.8 Å². The molecule has 1 rings (SSSR count). The molecule has 1 aromatic rings. The number of rotatable bonds is 4. The molecule has 0 fully saturated rings. The van der Waals surface area contributed by atoms with Gasteiger partial charge in [-0.3, -0.25) is 0 Å². The van der Waals surface area contributed by atoms with E-state index in [1.807, 2.05) is 6.07 Å². The predicted molar refractivity (Wildman–Crippen MR) is 65.2 cm³/mol. The zero-order chi connectivity index (χ0) is 12.7. The van der Waals surface area contributed by atoms with Gasteiger partial charge < -0.3 is 0 Å². The highest BCUT2D eigenvalue weighted by Crippen LogP contribution is 2.06. The Labute approximate surface area is 101 Å². The predicted octanol–water partition coefficient (Wildman–Crippen LogP) is 1.00. The molecule has 0 aromatic heterocycles. The standard InChI is InChI=1S/C12H12N2O2S/c1-2-3-8-14-17(15,16)10-12-6-4-11(9-13)5-7-12/h4-7,14H,8,10H2,1H3. The quantitative estimate of drug-likeness (QED) is 0.808. The van der Waals surface area contributed by atoms with Gasteiger partial charge in [-0.1, -0.05) is 18.1 Å². The van der Waals surface area contributed by atoms with Crippen LogP contribution < -0.4 is 4.72 Å². The van der Waals surface area contributed by atoms with Crippen LogP contribution in [-0.4, -0.2) is 15.0 Å². The molecule has 1 aromatic carbocycles. The van der Waals surface area contributed by atoms with Gasteiger partial charge in [-0.25, -0.2) is 13.1 Å². The molecule has 0 atom stereocenters. The number of sulfonamides is 1. The van der Waals surface area contributed by atoms with E-state index >= 15 is 0 Å². The number of hydrogen-bond acceptors (Lipinski definition) is 3. The highest BCUT2D eigenvalue weighted by atomic mass is 32.2. The SMILES string of the molecule is CC#CCNS(=O)(=O)Cc1ccc(C#N)cc1. The number of benzene rings is 1. The summed E-state index contributed by atoms with van der Waals surface area (Å²) in [7, 11) is -3.36. The Balaban J connectivity index is 2.69. The van der Waals surface area contributed by atoms with Gasteiger partial charge >= 0.3 is 0 Å². The van der Waals surface area contributed by atoms with Gasteiger partial charge in [0.05, 0.1) is 23.9 Å². The van der Waals surface area contributed by atoms with Crippen LogP contribution >= 0.6 is 0 Å². The minimum absolute atomic E-state index is 0.107. The van der Waals surface area contributed by atoms with Crippen molar-refractivity contribution in [2.45, 2.75) is 12.7 Å². The lowest BCUT2D eigenvalue weighted by molar-refractivity contribution is 0.585. The summed E-state index contributed by atoms with van der Waals surface area (Å²) >= 11 is 0. The van der Waals surface area contributed by atoms with Crippen LogP contribution in [0.5, 0.6) is 0 Å². The highest BCUT2D eigenvalue weighted by molar-refractivity contribution is 7.88. The van der Waals surface area contributed by atoms with Crippen molar-refractivity contribution in [1.29, 1.82) is 5.26 Å². The largest absolute Gasteiger partial charge is 0.216 e. The number of nitrogens with one attached hydrogen (secondary N) is 1. The first-order valence-electron chi connectivity index (χ1n) is 4.93. The van der Waals surface area contributed by atoms with Crippen molar-refractivity contribution in [2.24, 2.45) is 0 Å². The number of nitriles is 1. The summed E-state index contributed by atoms with van der Waals surface area (Å²) < 4.78 is 25.5. The monoisotopic (exact) mass is 248 g/mol. The van der Waals surface area contributed by atoms with E-state index in [4.69, 9.17) is 5.26 Å². The van der Waals surface area contributed by atoms with Crippen LogP contribution in [0.1, 0.15) is 18.1 Å². The maximum Gasteiger partial charge on any atom is 0.216 e. The third-order valence-corrected chi connectivity index (χ3v) is 3.29. The Kier molecular flexibility index (Phi) is 4.71. The van der Waals surface area contributed by atoms with Crippen molar-refractivity contribution < 1.29 is 8.42 Å². The summed E-state index contributed by atoms with van der Waals surface area (Å²) in [5.41, 5.74) is 1.15. The Morgan fingerprint density at radius 1 is 1.29 bits per heavy atom. The van der Waals surface area contributed by atoms with Crippen molar-refractivity contribution in [3.63, 3.8) is 0 Å². The minimum Gasteiger partial charge on any atom is -0.212 e. The van der Waals surface area contributed by atoms with E-state index in [2.05, 4.69) is 16.6 Å². The lowest BCUT2D eigenvalue weighted by Gasteiger charge is -2.03. The molecule has 0 aliphatic heterocycles. The van der Waals surface area contributed by atoms with Crippen molar-refractivity contribution >= 4 is 10.0 Å². The smallest absolute Gasteiger partial charge is 0.212 e. The van der Waals surface area contributed by atoms with E-state index < -0.39 is 10.0 Å². The number of nitrogens with zero attached hydrogens (tertiary/aromatic N) is 1. The van der Waals surface area contributed by atoms with Gasteiger partial charge in [0.25, 0.3) is 0 Å². The summed E-state index contributed by atoms with van der Waals surface area (Å²) in [6, 6.07) is 8.42. The fourth-order valence-corrected chi connectivity index (χ4v) is 2.21. The van der Waals surface area contributed by atoms with E-state index in [0.717, 1.165) is 0 Å². The fourth-order valence-electron chi connectivity index (χ4n) is 1.18. The van der Waals surface area contributed by atoms with Gasteiger partial charge in [0.2, 0.25) is 10.0 Å². The minimum atomic E-state index is -3.36. The summed E-state index contributed by atoms with van der Waals surface area (Å²) in [4.78, 5) is 0. The molecule has 0 heterocycles. The van der Waals surface area contributed by atoms with E-state index in [1.165, 1.54) is 0 Å². The molecule has 1 N–H and O–H groups in total. The number of hydrogen-bond donors (Lipinski definition) is 1. The maximum atomic E-state index is 11.6. The molecule has 88 valence electrons. The first-order valence-corrected chi connectivity index (χ1v) is 6.58. The van der Waals surface area contributed by atoms with Crippen LogP contribution in [0.3, 0.4) is 0 Å². The summed E-state index contributed by atoms with van der Waals surface area (Å²) in [6.07, 6.45) is 0. The molecule has 17 heavy (non-hydrogen) atoms. The molecule has 0 unspecified atom stereocenters. The first-order chi connectivity index (χ1) is 8.07. The van der Waals surface area contributed by atoms with Crippen LogP contribution in [0.4, 0.5) is 0 Å². The van der Waals surface area contributed by atoms with Crippen LogP contribution in [0, 0.1) is 23.2 Å². The van der Waals surface area contributed by atoms with Gasteiger partial charge in [0.15, 0.2) is 0 Å². The van der Waals surface area contributed by atoms with Gasteiger partial charge in [0, 0.05) is 0 Å². The van der Waals surface area contributed by atoms with Crippen LogP contribution in [0.2, 0.25) is 0 Å². The molecule has 5 heteroatoms. The fraction of sp³-hybridized carbons (Fsp3) is 0.250. The van der Waals surface area contributed by atoms with E-state index in [-0.39, 0.29) is 12.3 Å². The molecule has 0 bridgehead atoms. The Hall–Kier alpha value is -1.82. The molecule has 4 nitrogen and oxygen atoms in total. The molecule has 0 saturated carbocycles. The van der Waals surface area contributed by atoms with Gasteiger partial charge in [0.1, 0.15) is 0 Å². The average Bonchev–Trinajstić information content (AvgIpc) is 2.30. The van der Waals surface area contributed by atoms with Crippen molar-refractivity contribution in [1.82, 2.24) is 4.72 Å². The molecule has 0 amide bonds. The molecule has 0 aliphatic rings. The van der Waals surface area contributed by atoms with Crippen molar-refractivity contribution in [3.05, 3.63) is 35.4 Å². The summed E-state index contributed by atoms with van der Waals surface area (Å²) in [5.74, 6) is 5.12. The second kappa shape index (κ2) is 6.05. The molecule has 0 saturated heterocycles. The summed E-state index contributed by atoms with van der Waals surface area (Å²) in [6.45, 7) is 1.77. The van der Waals surface area contributed by atoms with E-state index in [0.29, 0.717) is 11.1 Å². The Morgan fingerprint density at radius 3 is 2.47 bits per heavy atom. The van der Waals surface area contributed by atoms with Crippen LogP contribution in [0.25, 0.3) is 0 Å². The molecule has 0 aliphatic carbocycles. The molecule has 0 radical (unpaired) electrons. The second-order valence-electron chi connectivity index (χ2n) is 3.32. The van der Waals surface area contributed by atoms with E-state index in [1.54, 1.807) is 31.2 Å². The normalized spacial score (nSPS) is 10.1. The molecule has 0 spiro atoms. The average molecular weight is 248 g/mol. The van der Waals surface area contributed by atoms with Gasteiger partial charge in [-0.05, 0) is 24.6 Å². The zero-order valence-electron chi connectivity index (χ0n) is 9.40. The Morgan fingerprint density at radius 2 is 1.94 bits per heavy atom. The molecular formula is C12H12N2O2S. The third-order valence-electron chi connectivity index (χ3n) is 2.00. The summed E-state index contributed by atoms with van der Waals surface area (Å²) in [5, 5.41) is 8.61. The van der Waals surface area contributed by atoms with Crippen molar-refractivity contribution in [3.8, 4) is 17.9 Å². The zero-order valence-corrected chi connectivity index (χ0v) is 10.2. The van der Waals surface area contributed by atoms with Crippen molar-refractivity contribution in [2.75, 3.05) is 6.54 Å². The lowest BCUT2D eigenvalue weighted by atomic mass is 10.2. The van der Waals surface area contributed by atoms with Gasteiger partial charge in [-0.15, -0.1) is 5.92 Å². The highest BCUT2D eigenvalue weighted by Gasteiger charge is 2.09. The molecular weight excluding hydrogens is 236 g/mol. The third kappa shape index (κ3) is 4.69. The maximum absolute atomic E-state index is 11.6. The van der Waals surface area contributed by atoms with Gasteiger partial charge in [-0.2, -0.15) is 5.26 Å². The first kappa shape index (κ1) is 13.2. The second-order valence-corrected chi connectivity index (χ2v) is 5.12. The Bertz CT molecular complexity index is 572. The van der Waals surface area contributed by atoms with Crippen LogP contribution in [0.15, 0.2) is 24.3 Å². The lowest BCUT2D eigenvalue weighted by Crippen LogP contribution is -2.25. The topological polar surface area (TPSA) is 70.0 Å².